The molecule has 164 valence electrons. The topological polar surface area (TPSA) is 54.5 Å². The van der Waals surface area contributed by atoms with Crippen LogP contribution in [0, 0.1) is 0 Å². The number of nitrogens with zero attached hydrogens (tertiary/aromatic N) is 2. The lowest BCUT2D eigenvalue weighted by molar-refractivity contribution is -0.274. The molecular formula is C21H19BrF3N3O2S. The fraction of sp³-hybridized carbons (Fsp3) is 0.238. The fourth-order valence-corrected chi connectivity index (χ4v) is 3.93. The van der Waals surface area contributed by atoms with E-state index in [1.54, 1.807) is 11.1 Å². The lowest BCUT2D eigenvalue weighted by Gasteiger charge is -2.27. The van der Waals surface area contributed by atoms with Crippen molar-refractivity contribution in [2.45, 2.75) is 32.8 Å². The first-order valence-corrected chi connectivity index (χ1v) is 10.9. The van der Waals surface area contributed by atoms with Crippen LogP contribution < -0.4 is 10.1 Å². The van der Waals surface area contributed by atoms with E-state index in [4.69, 9.17) is 0 Å². The van der Waals surface area contributed by atoms with Crippen LogP contribution in [0.5, 0.6) is 5.75 Å². The summed E-state index contributed by atoms with van der Waals surface area (Å²) in [5.74, 6) is -0.378. The average molecular weight is 514 g/mol. The quantitative estimate of drug-likeness (QED) is 0.389. The van der Waals surface area contributed by atoms with E-state index in [0.29, 0.717) is 12.2 Å². The minimum Gasteiger partial charge on any atom is -0.406 e. The second-order valence-corrected chi connectivity index (χ2v) is 8.63. The van der Waals surface area contributed by atoms with Crippen molar-refractivity contribution < 1.29 is 22.7 Å². The van der Waals surface area contributed by atoms with Gasteiger partial charge in [0, 0.05) is 34.2 Å². The molecule has 0 saturated heterocycles. The number of ether oxygens (including phenoxy) is 1. The van der Waals surface area contributed by atoms with Gasteiger partial charge in [-0.2, -0.15) is 0 Å². The summed E-state index contributed by atoms with van der Waals surface area (Å²) in [5.41, 5.74) is 2.24. The Bertz CT molecular complexity index is 1040. The Labute approximate surface area is 190 Å². The molecule has 1 N–H and O–H groups in total. The van der Waals surface area contributed by atoms with E-state index in [9.17, 15) is 18.0 Å². The number of aromatic nitrogens is 1. The molecule has 0 unspecified atom stereocenters. The number of alkyl halides is 3. The summed E-state index contributed by atoms with van der Waals surface area (Å²) in [5, 5.41) is 5.53. The van der Waals surface area contributed by atoms with E-state index in [1.165, 1.54) is 17.4 Å². The minimum absolute atomic E-state index is 0.116. The molecule has 0 aliphatic heterocycles. The first kappa shape index (κ1) is 23.1. The highest BCUT2D eigenvalue weighted by Gasteiger charge is 2.31. The number of benzene rings is 2. The fourth-order valence-electron chi connectivity index (χ4n) is 2.84. The number of carbonyl (C=O) groups excluding carboxylic acids is 1. The summed E-state index contributed by atoms with van der Waals surface area (Å²) in [6.07, 6.45) is -3.05. The Kier molecular flexibility index (Phi) is 7.22. The summed E-state index contributed by atoms with van der Waals surface area (Å²) >= 11 is 4.72. The molecule has 0 fully saturated rings. The van der Waals surface area contributed by atoms with Gasteiger partial charge in [0.25, 0.3) is 0 Å². The van der Waals surface area contributed by atoms with Crippen molar-refractivity contribution >= 4 is 39.0 Å². The number of carbonyl (C=O) groups is 1. The molecule has 0 aliphatic carbocycles. The zero-order valence-corrected chi connectivity index (χ0v) is 19.0. The van der Waals surface area contributed by atoms with E-state index in [2.05, 4.69) is 31.0 Å². The highest BCUT2D eigenvalue weighted by Crippen LogP contribution is 2.31. The Morgan fingerprint density at radius 3 is 2.65 bits per heavy atom. The Balaban J connectivity index is 1.74. The van der Waals surface area contributed by atoms with E-state index in [1.807, 2.05) is 43.5 Å². The van der Waals surface area contributed by atoms with E-state index >= 15 is 0 Å². The molecule has 2 aromatic carbocycles. The number of anilines is 1. The van der Waals surface area contributed by atoms with Gasteiger partial charge in [0.1, 0.15) is 10.8 Å². The number of nitrogens with one attached hydrogen (secondary N) is 1. The highest BCUT2D eigenvalue weighted by molar-refractivity contribution is 9.10. The summed E-state index contributed by atoms with van der Waals surface area (Å²) in [6, 6.07) is 11.0. The molecule has 0 bridgehead atoms. The molecule has 0 saturated carbocycles. The number of urea groups is 1. The predicted octanol–water partition coefficient (Wildman–Crippen LogP) is 6.91. The normalized spacial score (nSPS) is 11.5. The summed E-state index contributed by atoms with van der Waals surface area (Å²) in [6.45, 7) is 4.13. The first-order chi connectivity index (χ1) is 14.6. The van der Waals surface area contributed by atoms with Crippen LogP contribution in [-0.4, -0.2) is 28.3 Å². The van der Waals surface area contributed by atoms with E-state index in [-0.39, 0.29) is 22.3 Å². The summed E-state index contributed by atoms with van der Waals surface area (Å²) in [7, 11) is 0. The molecule has 1 aromatic heterocycles. The van der Waals surface area contributed by atoms with Crippen LogP contribution in [0.25, 0.3) is 10.6 Å². The van der Waals surface area contributed by atoms with Crippen LogP contribution in [0.2, 0.25) is 0 Å². The van der Waals surface area contributed by atoms with Crippen molar-refractivity contribution in [1.82, 2.24) is 9.88 Å². The van der Waals surface area contributed by atoms with Gasteiger partial charge in [0.2, 0.25) is 0 Å². The molecule has 0 radical (unpaired) electrons. The maximum atomic E-state index is 12.9. The Hall–Kier alpha value is -2.59. The van der Waals surface area contributed by atoms with Gasteiger partial charge in [-0.3, -0.25) is 0 Å². The number of thiazole rings is 1. The SMILES string of the molecule is CC(C)N(Cc1cccc(-c2nccs2)c1)C(=O)Nc1ccc(OC(F)(F)F)cc1Br. The molecule has 0 spiro atoms. The smallest absolute Gasteiger partial charge is 0.406 e. The number of hydrogen-bond donors (Lipinski definition) is 1. The standard InChI is InChI=1S/C21H19BrF3N3O2S/c1-13(2)28(12-14-4-3-5-15(10-14)19-26-8-9-31-19)20(29)27-18-7-6-16(11-17(18)22)30-21(23,24)25/h3-11,13H,12H2,1-2H3,(H,27,29). The third kappa shape index (κ3) is 6.44. The molecule has 0 aliphatic rings. The van der Waals surface area contributed by atoms with Crippen LogP contribution in [0.3, 0.4) is 0 Å². The van der Waals surface area contributed by atoms with Gasteiger partial charge in [-0.25, -0.2) is 9.78 Å². The van der Waals surface area contributed by atoms with Crippen molar-refractivity contribution in [3.63, 3.8) is 0 Å². The molecular weight excluding hydrogens is 495 g/mol. The zero-order chi connectivity index (χ0) is 22.6. The van der Waals surface area contributed by atoms with Crippen LogP contribution >= 0.6 is 27.3 Å². The van der Waals surface area contributed by atoms with Gasteiger partial charge in [-0.15, -0.1) is 24.5 Å². The largest absolute Gasteiger partial charge is 0.573 e. The molecule has 1 heterocycles. The lowest BCUT2D eigenvalue weighted by Crippen LogP contribution is -2.39. The molecule has 10 heteroatoms. The van der Waals surface area contributed by atoms with Crippen LogP contribution in [-0.2, 0) is 6.54 Å². The van der Waals surface area contributed by atoms with Crippen molar-refractivity contribution in [3.05, 3.63) is 64.1 Å². The maximum absolute atomic E-state index is 12.9. The van der Waals surface area contributed by atoms with Crippen LogP contribution in [0.1, 0.15) is 19.4 Å². The summed E-state index contributed by atoms with van der Waals surface area (Å²) < 4.78 is 41.3. The number of amides is 2. The van der Waals surface area contributed by atoms with Crippen molar-refractivity contribution in [1.29, 1.82) is 0 Å². The number of rotatable bonds is 6. The van der Waals surface area contributed by atoms with Gasteiger partial charge in [-0.05, 0) is 59.6 Å². The first-order valence-electron chi connectivity index (χ1n) is 9.24. The molecule has 31 heavy (non-hydrogen) atoms. The monoisotopic (exact) mass is 513 g/mol. The number of hydrogen-bond acceptors (Lipinski definition) is 4. The number of halogens is 4. The van der Waals surface area contributed by atoms with Crippen LogP contribution in [0.15, 0.2) is 58.5 Å². The second kappa shape index (κ2) is 9.69. The van der Waals surface area contributed by atoms with Crippen molar-refractivity contribution in [2.24, 2.45) is 0 Å². The molecule has 5 nitrogen and oxygen atoms in total. The Morgan fingerprint density at radius 1 is 1.26 bits per heavy atom. The second-order valence-electron chi connectivity index (χ2n) is 6.88. The van der Waals surface area contributed by atoms with E-state index in [0.717, 1.165) is 28.3 Å². The van der Waals surface area contributed by atoms with Gasteiger partial charge in [-0.1, -0.05) is 18.2 Å². The molecule has 3 aromatic rings. The third-order valence-electron chi connectivity index (χ3n) is 4.26. The minimum atomic E-state index is -4.79. The van der Waals surface area contributed by atoms with Gasteiger partial charge in [0.05, 0.1) is 5.69 Å². The zero-order valence-electron chi connectivity index (χ0n) is 16.6. The van der Waals surface area contributed by atoms with Crippen LogP contribution in [0.4, 0.5) is 23.7 Å². The lowest BCUT2D eigenvalue weighted by atomic mass is 10.1. The van der Waals surface area contributed by atoms with Gasteiger partial charge in [0.15, 0.2) is 0 Å². The molecule has 0 atom stereocenters. The maximum Gasteiger partial charge on any atom is 0.573 e. The van der Waals surface area contributed by atoms with Crippen molar-refractivity contribution in [3.8, 4) is 16.3 Å². The predicted molar refractivity (Wildman–Crippen MR) is 118 cm³/mol. The van der Waals surface area contributed by atoms with Gasteiger partial charge >= 0.3 is 12.4 Å². The average Bonchev–Trinajstić information content (AvgIpc) is 3.22. The molecule has 3 rings (SSSR count). The van der Waals surface area contributed by atoms with E-state index < -0.39 is 6.36 Å². The highest BCUT2D eigenvalue weighted by atomic mass is 79.9. The van der Waals surface area contributed by atoms with Crippen molar-refractivity contribution in [2.75, 3.05) is 5.32 Å². The molecule has 2 amide bonds. The third-order valence-corrected chi connectivity index (χ3v) is 5.74. The van der Waals surface area contributed by atoms with Gasteiger partial charge < -0.3 is 15.0 Å². The summed E-state index contributed by atoms with van der Waals surface area (Å²) in [4.78, 5) is 18.9. The Morgan fingerprint density at radius 2 is 2.03 bits per heavy atom.